The number of imide groups is 1. The van der Waals surface area contributed by atoms with Gasteiger partial charge in [0.25, 0.3) is 0 Å². The van der Waals surface area contributed by atoms with Crippen LogP contribution in [-0.4, -0.2) is 87.4 Å². The number of aromatic hydroxyl groups is 1. The molecular weight excluding hydrogens is 587 g/mol. The molecule has 1 aromatic carbocycles. The Hall–Kier alpha value is -2.62. The average molecular weight is 641 g/mol. The molecule has 1 aliphatic rings. The van der Waals surface area contributed by atoms with Crippen LogP contribution < -0.4 is 0 Å². The molecule has 1 N–H and O–H groups in total. The number of benzene rings is 1. The van der Waals surface area contributed by atoms with E-state index in [1.165, 1.54) is 0 Å². The SMILES string of the molecule is CCOP1(=O)CCN(Cc2cccc(O)c2)CC1(CCCCN(C(=O)OC(C)(C)C)C(=O)OC(C)(C)C)C(=O)OC(C)(C)C. The van der Waals surface area contributed by atoms with Crippen LogP contribution in [0.15, 0.2) is 24.3 Å². The van der Waals surface area contributed by atoms with Crippen LogP contribution >= 0.6 is 7.37 Å². The second kappa shape index (κ2) is 14.6. The van der Waals surface area contributed by atoms with E-state index in [1.807, 2.05) is 11.0 Å². The Morgan fingerprint density at radius 1 is 0.932 bits per heavy atom. The first-order chi connectivity index (χ1) is 20.1. The third-order valence-corrected chi connectivity index (χ3v) is 10.0. The summed E-state index contributed by atoms with van der Waals surface area (Å²) in [6.45, 7) is 18.4. The number of amides is 2. The summed E-state index contributed by atoms with van der Waals surface area (Å²) in [4.78, 5) is 42.9. The fourth-order valence-corrected chi connectivity index (χ4v) is 8.00. The maximum absolute atomic E-state index is 14.6. The molecule has 12 heteroatoms. The molecule has 0 aromatic heterocycles. The minimum atomic E-state index is -3.57. The summed E-state index contributed by atoms with van der Waals surface area (Å²) in [5.74, 6) is -0.462. The number of carbonyl (C=O) groups is 3. The van der Waals surface area contributed by atoms with Crippen LogP contribution in [-0.2, 0) is 34.6 Å². The number of hydrogen-bond donors (Lipinski definition) is 1. The molecule has 1 aromatic rings. The molecule has 0 radical (unpaired) electrons. The van der Waals surface area contributed by atoms with Gasteiger partial charge in [0.1, 0.15) is 22.6 Å². The van der Waals surface area contributed by atoms with Crippen LogP contribution in [0.4, 0.5) is 9.59 Å². The van der Waals surface area contributed by atoms with Crippen molar-refractivity contribution in [2.24, 2.45) is 0 Å². The molecule has 1 fully saturated rings. The third-order valence-electron chi connectivity index (χ3n) is 6.73. The fourth-order valence-electron chi connectivity index (χ4n) is 5.00. The van der Waals surface area contributed by atoms with E-state index < -0.39 is 47.5 Å². The Labute approximate surface area is 263 Å². The van der Waals surface area contributed by atoms with Crippen molar-refractivity contribution in [3.05, 3.63) is 29.8 Å². The van der Waals surface area contributed by atoms with E-state index in [2.05, 4.69) is 0 Å². The molecule has 0 spiro atoms. The van der Waals surface area contributed by atoms with Gasteiger partial charge in [0, 0.05) is 32.3 Å². The van der Waals surface area contributed by atoms with E-state index in [4.69, 9.17) is 18.7 Å². The number of esters is 1. The van der Waals surface area contributed by atoms with Crippen LogP contribution in [0, 0.1) is 0 Å². The van der Waals surface area contributed by atoms with E-state index in [-0.39, 0.29) is 38.0 Å². The summed E-state index contributed by atoms with van der Waals surface area (Å²) in [5, 5.41) is 8.50. The number of ether oxygens (including phenoxy) is 3. The molecule has 11 nitrogen and oxygen atoms in total. The summed E-state index contributed by atoms with van der Waals surface area (Å²) in [5.41, 5.74) is -1.65. The van der Waals surface area contributed by atoms with Crippen molar-refractivity contribution in [1.29, 1.82) is 0 Å². The number of carbonyl (C=O) groups excluding carboxylic acids is 3. The van der Waals surface area contributed by atoms with Gasteiger partial charge in [0.05, 0.1) is 6.61 Å². The highest BCUT2D eigenvalue weighted by Crippen LogP contribution is 2.64. The average Bonchev–Trinajstić information content (AvgIpc) is 2.82. The highest BCUT2D eigenvalue weighted by atomic mass is 31.2. The normalized spacial score (nSPS) is 21.4. The lowest BCUT2D eigenvalue weighted by Gasteiger charge is -2.46. The molecule has 2 unspecified atom stereocenters. The minimum Gasteiger partial charge on any atom is -0.508 e. The van der Waals surface area contributed by atoms with Gasteiger partial charge in [-0.25, -0.2) is 14.5 Å². The Morgan fingerprint density at radius 3 is 2.00 bits per heavy atom. The lowest BCUT2D eigenvalue weighted by Crippen LogP contribution is -2.56. The molecule has 1 heterocycles. The summed E-state index contributed by atoms with van der Waals surface area (Å²) >= 11 is 0. The molecule has 2 rings (SSSR count). The lowest BCUT2D eigenvalue weighted by molar-refractivity contribution is -0.160. The van der Waals surface area contributed by atoms with Gasteiger partial charge in [-0.05, 0) is 106 Å². The van der Waals surface area contributed by atoms with Gasteiger partial charge in [0.15, 0.2) is 5.16 Å². The molecule has 0 bridgehead atoms. The Morgan fingerprint density at radius 2 is 1.50 bits per heavy atom. The molecule has 1 aliphatic heterocycles. The van der Waals surface area contributed by atoms with Gasteiger partial charge in [-0.2, -0.15) is 0 Å². The first-order valence-electron chi connectivity index (χ1n) is 15.3. The zero-order valence-electron chi connectivity index (χ0n) is 28.2. The van der Waals surface area contributed by atoms with E-state index in [0.717, 1.165) is 10.5 Å². The molecule has 44 heavy (non-hydrogen) atoms. The van der Waals surface area contributed by atoms with Gasteiger partial charge < -0.3 is 23.8 Å². The number of phenolic OH excluding ortho intramolecular Hbond substituents is 1. The minimum absolute atomic E-state index is 0.0276. The zero-order chi connectivity index (χ0) is 33.6. The third kappa shape index (κ3) is 11.1. The number of unbranched alkanes of at least 4 members (excludes halogenated alkanes) is 1. The molecule has 1 saturated heterocycles. The highest BCUT2D eigenvalue weighted by Gasteiger charge is 2.59. The number of hydrogen-bond acceptors (Lipinski definition) is 10. The first kappa shape index (κ1) is 37.6. The Bertz CT molecular complexity index is 1170. The van der Waals surface area contributed by atoms with Crippen LogP contribution in [0.2, 0.25) is 0 Å². The van der Waals surface area contributed by atoms with Crippen molar-refractivity contribution in [1.82, 2.24) is 9.80 Å². The van der Waals surface area contributed by atoms with E-state index >= 15 is 0 Å². The topological polar surface area (TPSA) is 132 Å². The molecular formula is C32H53N2O9P. The quantitative estimate of drug-likeness (QED) is 0.124. The molecule has 0 aliphatic carbocycles. The van der Waals surface area contributed by atoms with Crippen molar-refractivity contribution in [3.63, 3.8) is 0 Å². The van der Waals surface area contributed by atoms with E-state index in [0.29, 0.717) is 25.9 Å². The number of rotatable bonds is 10. The van der Waals surface area contributed by atoms with Crippen molar-refractivity contribution >= 4 is 25.5 Å². The van der Waals surface area contributed by atoms with Crippen molar-refractivity contribution in [2.75, 3.05) is 32.4 Å². The number of phenols is 1. The molecule has 250 valence electrons. The van der Waals surface area contributed by atoms with Crippen LogP contribution in [0.5, 0.6) is 5.75 Å². The predicted octanol–water partition coefficient (Wildman–Crippen LogP) is 6.95. The highest BCUT2D eigenvalue weighted by molar-refractivity contribution is 7.62. The number of nitrogens with zero attached hydrogens (tertiary/aromatic N) is 2. The van der Waals surface area contributed by atoms with Gasteiger partial charge in [0.2, 0.25) is 7.37 Å². The Kier molecular flexibility index (Phi) is 12.5. The summed E-state index contributed by atoms with van der Waals surface area (Å²) in [6.07, 6.45) is -0.736. The molecule has 2 atom stereocenters. The standard InChI is InChI=1S/C32H53N2O9P/c1-11-40-44(39)20-19-33(22-24-15-14-16-25(35)21-24)23-32(44,26(36)41-29(2,3)4)17-12-13-18-34(27(37)42-30(5,6)7)28(38)43-31(8,9)10/h14-16,21,35H,11-13,17-20,22-23H2,1-10H3. The second-order valence-electron chi connectivity index (χ2n) is 14.3. The second-order valence-corrected chi connectivity index (χ2v) is 17.2. The fraction of sp³-hybridized carbons (Fsp3) is 0.719. The molecule has 0 saturated carbocycles. The van der Waals surface area contributed by atoms with Crippen molar-refractivity contribution in [3.8, 4) is 5.75 Å². The summed E-state index contributed by atoms with van der Waals surface area (Å²) in [6, 6.07) is 6.88. The van der Waals surface area contributed by atoms with Gasteiger partial charge in [-0.1, -0.05) is 12.1 Å². The molecule has 2 amide bonds. The van der Waals surface area contributed by atoms with Crippen LogP contribution in [0.1, 0.15) is 94.1 Å². The maximum Gasteiger partial charge on any atom is 0.419 e. The lowest BCUT2D eigenvalue weighted by atomic mass is 9.98. The van der Waals surface area contributed by atoms with E-state index in [9.17, 15) is 24.1 Å². The van der Waals surface area contributed by atoms with Crippen molar-refractivity contribution in [2.45, 2.75) is 117 Å². The summed E-state index contributed by atoms with van der Waals surface area (Å²) in [7, 11) is -3.57. The van der Waals surface area contributed by atoms with E-state index in [1.54, 1.807) is 87.4 Å². The summed E-state index contributed by atoms with van der Waals surface area (Å²) < 4.78 is 37.3. The van der Waals surface area contributed by atoms with Gasteiger partial charge >= 0.3 is 18.2 Å². The Balaban J connectivity index is 2.38. The smallest absolute Gasteiger partial charge is 0.419 e. The maximum atomic E-state index is 14.6. The zero-order valence-corrected chi connectivity index (χ0v) is 29.1. The predicted molar refractivity (Wildman–Crippen MR) is 169 cm³/mol. The van der Waals surface area contributed by atoms with Crippen molar-refractivity contribution < 1.29 is 42.8 Å². The first-order valence-corrected chi connectivity index (χ1v) is 17.1. The van der Waals surface area contributed by atoms with Crippen LogP contribution in [0.25, 0.3) is 0 Å². The largest absolute Gasteiger partial charge is 0.508 e. The van der Waals surface area contributed by atoms with Gasteiger partial charge in [-0.15, -0.1) is 0 Å². The van der Waals surface area contributed by atoms with Gasteiger partial charge in [-0.3, -0.25) is 14.3 Å². The monoisotopic (exact) mass is 640 g/mol. The van der Waals surface area contributed by atoms with Crippen LogP contribution in [0.3, 0.4) is 0 Å².